The average Bonchev–Trinajstić information content (AvgIpc) is 0.811. The Kier molecular flexibility index (Phi) is 8.96. The van der Waals surface area contributed by atoms with Crippen LogP contribution in [0.3, 0.4) is 0 Å². The summed E-state index contributed by atoms with van der Waals surface area (Å²) in [4.78, 5) is 0. The van der Waals surface area contributed by atoms with Crippen molar-refractivity contribution in [2.24, 2.45) is 0 Å². The Balaban J connectivity index is 0. The van der Waals surface area contributed by atoms with Gasteiger partial charge in [0.15, 0.2) is 0 Å². The van der Waals surface area contributed by atoms with Gasteiger partial charge in [0.05, 0.1) is 0 Å². The van der Waals surface area contributed by atoms with Gasteiger partial charge in [-0.15, -0.1) is 6.04 Å². The molecule has 5 heavy (non-hydrogen) atoms. The fraction of sp³-hybridized carbons (Fsp3) is 1.00. The van der Waals surface area contributed by atoms with Crippen LogP contribution >= 0.6 is 0 Å². The third-order valence-corrected chi connectivity index (χ3v) is 0. The summed E-state index contributed by atoms with van der Waals surface area (Å²) in [5, 5.41) is 0. The van der Waals surface area contributed by atoms with Crippen LogP contribution in [-0.4, -0.2) is 6.04 Å². The molecular formula is C3H8HfN-. The van der Waals surface area contributed by atoms with Crippen molar-refractivity contribution in [3.63, 3.8) is 0 Å². The Morgan fingerprint density at radius 2 is 1.40 bits per heavy atom. The summed E-state index contributed by atoms with van der Waals surface area (Å²) in [5.41, 5.74) is 6.58. The molecule has 30 valence electrons. The summed E-state index contributed by atoms with van der Waals surface area (Å²) < 4.78 is 0. The topological polar surface area (TPSA) is 23.8 Å². The van der Waals surface area contributed by atoms with Crippen molar-refractivity contribution in [1.29, 1.82) is 0 Å². The summed E-state index contributed by atoms with van der Waals surface area (Å²) in [6.45, 7) is 3.67. The zero-order valence-electron chi connectivity index (χ0n) is 3.58. The van der Waals surface area contributed by atoms with Crippen molar-refractivity contribution in [1.82, 2.24) is 0 Å². The first-order valence-corrected chi connectivity index (χ1v) is 1.44. The van der Waals surface area contributed by atoms with E-state index in [9.17, 15) is 0 Å². The molecule has 1 nitrogen and oxygen atoms in total. The summed E-state index contributed by atoms with van der Waals surface area (Å²) in [7, 11) is 0. The van der Waals surface area contributed by atoms with Crippen LogP contribution < -0.4 is 0 Å². The molecule has 0 amide bonds. The van der Waals surface area contributed by atoms with Crippen molar-refractivity contribution in [3.8, 4) is 0 Å². The van der Waals surface area contributed by atoms with Crippen LogP contribution in [0.5, 0.6) is 0 Å². The maximum atomic E-state index is 6.58. The summed E-state index contributed by atoms with van der Waals surface area (Å²) in [6.07, 6.45) is 0. The van der Waals surface area contributed by atoms with Crippen LogP contribution in [0.2, 0.25) is 0 Å². The molecule has 0 heterocycles. The molecular weight excluding hydrogens is 229 g/mol. The van der Waals surface area contributed by atoms with E-state index in [2.05, 4.69) is 0 Å². The van der Waals surface area contributed by atoms with E-state index >= 15 is 0 Å². The quantitative estimate of drug-likeness (QED) is 0.569. The maximum Gasteiger partial charge on any atom is 0 e. The zero-order chi connectivity index (χ0) is 3.58. The molecule has 0 aromatic rings. The van der Waals surface area contributed by atoms with Gasteiger partial charge in [-0.2, -0.15) is 0 Å². The Hall–Kier alpha value is 0.830. The minimum atomic E-state index is 0. The van der Waals surface area contributed by atoms with E-state index in [1.807, 2.05) is 13.8 Å². The Morgan fingerprint density at radius 1 is 1.40 bits per heavy atom. The van der Waals surface area contributed by atoms with Crippen molar-refractivity contribution in [2.75, 3.05) is 0 Å². The number of hydrogen-bond acceptors (Lipinski definition) is 0. The van der Waals surface area contributed by atoms with Gasteiger partial charge < -0.3 is 5.73 Å². The minimum absolute atomic E-state index is 0. The minimum Gasteiger partial charge on any atom is -0.675 e. The summed E-state index contributed by atoms with van der Waals surface area (Å²) in [6, 6.07) is 0.0833. The second-order valence-electron chi connectivity index (χ2n) is 1.15. The fourth-order valence-corrected chi connectivity index (χ4v) is 0. The van der Waals surface area contributed by atoms with E-state index in [0.29, 0.717) is 0 Å². The normalized spacial score (nSPS) is 7.20. The third-order valence-electron chi connectivity index (χ3n) is 0. The molecule has 0 aromatic heterocycles. The number of rotatable bonds is 0. The van der Waals surface area contributed by atoms with E-state index in [1.54, 1.807) is 0 Å². The molecule has 1 N–H and O–H groups in total. The molecule has 0 unspecified atom stereocenters. The van der Waals surface area contributed by atoms with Gasteiger partial charge >= 0.3 is 0 Å². The van der Waals surface area contributed by atoms with E-state index < -0.39 is 0 Å². The molecule has 0 aliphatic carbocycles. The van der Waals surface area contributed by atoms with Crippen molar-refractivity contribution in [2.45, 2.75) is 19.9 Å². The Labute approximate surface area is 51.7 Å². The molecule has 0 fully saturated rings. The first-order valence-electron chi connectivity index (χ1n) is 1.44. The molecule has 2 heteroatoms. The van der Waals surface area contributed by atoms with E-state index in [1.165, 1.54) is 0 Å². The van der Waals surface area contributed by atoms with E-state index in [-0.39, 0.29) is 31.9 Å². The molecule has 0 aliphatic rings. The standard InChI is InChI=1S/C3H8N.Hf/c1-3(2)4;/h3-4H,1-2H3;/q-1;. The van der Waals surface area contributed by atoms with E-state index in [4.69, 9.17) is 5.73 Å². The van der Waals surface area contributed by atoms with Crippen LogP contribution in [-0.2, 0) is 25.8 Å². The number of nitrogens with one attached hydrogen (secondary N) is 1. The monoisotopic (exact) mass is 238 g/mol. The summed E-state index contributed by atoms with van der Waals surface area (Å²) in [5.74, 6) is 0. The predicted molar refractivity (Wildman–Crippen MR) is 19.5 cm³/mol. The molecule has 0 aromatic carbocycles. The van der Waals surface area contributed by atoms with Crippen LogP contribution in [0.25, 0.3) is 5.73 Å². The van der Waals surface area contributed by atoms with Gasteiger partial charge in [-0.05, 0) is 0 Å². The molecule has 0 rings (SSSR count). The molecule has 0 saturated heterocycles. The van der Waals surface area contributed by atoms with Crippen LogP contribution in [0.4, 0.5) is 0 Å². The van der Waals surface area contributed by atoms with Gasteiger partial charge in [-0.3, -0.25) is 0 Å². The first-order chi connectivity index (χ1) is 1.73. The first kappa shape index (κ1) is 9.27. The van der Waals surface area contributed by atoms with Crippen LogP contribution in [0, 0.1) is 0 Å². The van der Waals surface area contributed by atoms with Crippen LogP contribution in [0.1, 0.15) is 13.8 Å². The van der Waals surface area contributed by atoms with Crippen molar-refractivity contribution in [3.05, 3.63) is 5.73 Å². The van der Waals surface area contributed by atoms with Gasteiger partial charge in [0.25, 0.3) is 0 Å². The molecule has 0 aliphatic heterocycles. The van der Waals surface area contributed by atoms with Gasteiger partial charge in [-0.1, -0.05) is 13.8 Å². The molecule has 0 saturated carbocycles. The number of hydrogen-bond donors (Lipinski definition) is 0. The van der Waals surface area contributed by atoms with Gasteiger partial charge in [0.1, 0.15) is 0 Å². The molecule has 0 atom stereocenters. The van der Waals surface area contributed by atoms with Crippen molar-refractivity contribution >= 4 is 0 Å². The molecule has 0 spiro atoms. The SMILES string of the molecule is CC(C)[NH-].[Hf]. The zero-order valence-corrected chi connectivity index (χ0v) is 7.17. The fourth-order valence-electron chi connectivity index (χ4n) is 0. The van der Waals surface area contributed by atoms with Gasteiger partial charge in [0, 0.05) is 25.8 Å². The maximum absolute atomic E-state index is 6.58. The second kappa shape index (κ2) is 4.83. The third kappa shape index (κ3) is 56.1. The van der Waals surface area contributed by atoms with Gasteiger partial charge in [0.2, 0.25) is 0 Å². The van der Waals surface area contributed by atoms with Crippen LogP contribution in [0.15, 0.2) is 0 Å². The van der Waals surface area contributed by atoms with Crippen molar-refractivity contribution < 1.29 is 25.8 Å². The Morgan fingerprint density at radius 3 is 1.40 bits per heavy atom. The molecule has 0 bridgehead atoms. The second-order valence-corrected chi connectivity index (χ2v) is 1.15. The smallest absolute Gasteiger partial charge is 0 e. The van der Waals surface area contributed by atoms with E-state index in [0.717, 1.165) is 0 Å². The Bertz CT molecular complexity index is 11.6. The van der Waals surface area contributed by atoms with Gasteiger partial charge in [-0.25, -0.2) is 0 Å². The average molecular weight is 237 g/mol. The molecule has 0 radical (unpaired) electrons. The summed E-state index contributed by atoms with van der Waals surface area (Å²) >= 11 is 0. The predicted octanol–water partition coefficient (Wildman–Crippen LogP) is 1.44. The largest absolute Gasteiger partial charge is 0.675 e.